The molecule has 0 spiro atoms. The normalized spacial score (nSPS) is 11.1. The fourth-order valence-corrected chi connectivity index (χ4v) is 3.10. The second-order valence-corrected chi connectivity index (χ2v) is 5.95. The van der Waals surface area contributed by atoms with Crippen LogP contribution in [0.15, 0.2) is 69.9 Å². The van der Waals surface area contributed by atoms with Gasteiger partial charge in [0.15, 0.2) is 11.5 Å². The SMILES string of the molecule is COc1cc2c(cc1O)oc(=O)c1cc(Cc3ccccc3)ccc12. The molecule has 4 rings (SSSR count). The van der Waals surface area contributed by atoms with E-state index in [1.807, 2.05) is 36.4 Å². The lowest BCUT2D eigenvalue weighted by Crippen LogP contribution is -2.01. The molecule has 4 nitrogen and oxygen atoms in total. The standard InChI is InChI=1S/C21H16O4/c1-24-20-11-16-15-8-7-14(9-13-5-3-2-4-6-13)10-17(15)21(23)25-19(16)12-18(20)22/h2-8,10-12,22H,9H2,1H3. The van der Waals surface area contributed by atoms with E-state index >= 15 is 0 Å². The number of aromatic hydroxyl groups is 1. The summed E-state index contributed by atoms with van der Waals surface area (Å²) in [6, 6.07) is 19.0. The van der Waals surface area contributed by atoms with Crippen molar-refractivity contribution in [2.75, 3.05) is 7.11 Å². The van der Waals surface area contributed by atoms with Crippen LogP contribution >= 0.6 is 0 Å². The first-order chi connectivity index (χ1) is 12.2. The third-order valence-electron chi connectivity index (χ3n) is 4.33. The molecule has 124 valence electrons. The molecule has 1 heterocycles. The molecular formula is C21H16O4. The second-order valence-electron chi connectivity index (χ2n) is 5.95. The maximum absolute atomic E-state index is 12.4. The summed E-state index contributed by atoms with van der Waals surface area (Å²) in [7, 11) is 1.49. The van der Waals surface area contributed by atoms with Crippen LogP contribution < -0.4 is 10.4 Å². The van der Waals surface area contributed by atoms with Crippen molar-refractivity contribution in [2.45, 2.75) is 6.42 Å². The molecule has 3 aromatic carbocycles. The number of phenols is 1. The molecule has 0 aliphatic rings. The average Bonchev–Trinajstić information content (AvgIpc) is 2.62. The van der Waals surface area contributed by atoms with E-state index in [4.69, 9.17) is 9.15 Å². The quantitative estimate of drug-likeness (QED) is 0.450. The highest BCUT2D eigenvalue weighted by Gasteiger charge is 2.12. The van der Waals surface area contributed by atoms with Gasteiger partial charge in [-0.2, -0.15) is 0 Å². The number of fused-ring (bicyclic) bond motifs is 3. The van der Waals surface area contributed by atoms with Gasteiger partial charge in [-0.25, -0.2) is 4.79 Å². The monoisotopic (exact) mass is 332 g/mol. The summed E-state index contributed by atoms with van der Waals surface area (Å²) in [6.07, 6.45) is 0.743. The zero-order chi connectivity index (χ0) is 17.4. The molecule has 1 aromatic heterocycles. The third kappa shape index (κ3) is 2.72. The van der Waals surface area contributed by atoms with E-state index in [0.29, 0.717) is 16.7 Å². The zero-order valence-electron chi connectivity index (χ0n) is 13.7. The summed E-state index contributed by atoms with van der Waals surface area (Å²) in [5, 5.41) is 11.9. The number of benzene rings is 3. The van der Waals surface area contributed by atoms with Gasteiger partial charge in [-0.1, -0.05) is 42.5 Å². The molecule has 0 fully saturated rings. The van der Waals surface area contributed by atoms with Gasteiger partial charge in [0.05, 0.1) is 12.5 Å². The molecule has 0 aliphatic carbocycles. The van der Waals surface area contributed by atoms with Gasteiger partial charge in [0.2, 0.25) is 0 Å². The lowest BCUT2D eigenvalue weighted by molar-refractivity contribution is 0.373. The van der Waals surface area contributed by atoms with Gasteiger partial charge in [0.25, 0.3) is 0 Å². The van der Waals surface area contributed by atoms with Crippen LogP contribution in [0.4, 0.5) is 0 Å². The average molecular weight is 332 g/mol. The molecule has 0 unspecified atom stereocenters. The van der Waals surface area contributed by atoms with Gasteiger partial charge in [-0.3, -0.25) is 0 Å². The molecule has 0 radical (unpaired) electrons. The molecule has 4 aromatic rings. The minimum atomic E-state index is -0.415. The smallest absolute Gasteiger partial charge is 0.344 e. The summed E-state index contributed by atoms with van der Waals surface area (Å²) < 4.78 is 10.6. The molecular weight excluding hydrogens is 316 g/mol. The predicted molar refractivity (Wildman–Crippen MR) is 97.5 cm³/mol. The van der Waals surface area contributed by atoms with Crippen molar-refractivity contribution in [2.24, 2.45) is 0 Å². The van der Waals surface area contributed by atoms with Crippen LogP contribution in [0.25, 0.3) is 21.7 Å². The Bertz CT molecular complexity index is 1130. The van der Waals surface area contributed by atoms with Gasteiger partial charge in [0, 0.05) is 16.8 Å². The topological polar surface area (TPSA) is 59.7 Å². The van der Waals surface area contributed by atoms with E-state index in [1.54, 1.807) is 6.07 Å². The second kappa shape index (κ2) is 5.98. The molecule has 0 saturated heterocycles. The third-order valence-corrected chi connectivity index (χ3v) is 4.33. The van der Waals surface area contributed by atoms with Crippen LogP contribution in [0.1, 0.15) is 11.1 Å². The summed E-state index contributed by atoms with van der Waals surface area (Å²) in [5.41, 5.74) is 2.14. The number of methoxy groups -OCH3 is 1. The molecule has 1 N–H and O–H groups in total. The van der Waals surface area contributed by atoms with Gasteiger partial charge >= 0.3 is 5.63 Å². The number of rotatable bonds is 3. The van der Waals surface area contributed by atoms with E-state index in [0.717, 1.165) is 22.8 Å². The van der Waals surface area contributed by atoms with Gasteiger partial charge in [0.1, 0.15) is 5.58 Å². The van der Waals surface area contributed by atoms with E-state index in [1.165, 1.54) is 18.7 Å². The molecule has 0 aliphatic heterocycles. The number of hydrogen-bond donors (Lipinski definition) is 1. The Balaban J connectivity index is 1.90. The number of phenolic OH excluding ortho intramolecular Hbond substituents is 1. The number of ether oxygens (including phenoxy) is 1. The first-order valence-electron chi connectivity index (χ1n) is 7.96. The van der Waals surface area contributed by atoms with E-state index in [2.05, 4.69) is 12.1 Å². The maximum Gasteiger partial charge on any atom is 0.344 e. The summed E-state index contributed by atoms with van der Waals surface area (Å²) in [6.45, 7) is 0. The Labute approximate surface area is 143 Å². The highest BCUT2D eigenvalue weighted by Crippen LogP contribution is 2.34. The fraction of sp³-hybridized carbons (Fsp3) is 0.0952. The van der Waals surface area contributed by atoms with Crippen LogP contribution in [0, 0.1) is 0 Å². The molecule has 0 saturated carbocycles. The Morgan fingerprint density at radius 2 is 1.72 bits per heavy atom. The lowest BCUT2D eigenvalue weighted by Gasteiger charge is -2.08. The molecule has 0 atom stereocenters. The van der Waals surface area contributed by atoms with Crippen LogP contribution in [0.3, 0.4) is 0 Å². The van der Waals surface area contributed by atoms with E-state index in [9.17, 15) is 9.90 Å². The van der Waals surface area contributed by atoms with Crippen molar-refractivity contribution in [3.8, 4) is 11.5 Å². The Morgan fingerprint density at radius 1 is 0.920 bits per heavy atom. The van der Waals surface area contributed by atoms with Crippen LogP contribution in [0.2, 0.25) is 0 Å². The largest absolute Gasteiger partial charge is 0.504 e. The van der Waals surface area contributed by atoms with Crippen molar-refractivity contribution in [3.63, 3.8) is 0 Å². The maximum atomic E-state index is 12.4. The van der Waals surface area contributed by atoms with Gasteiger partial charge in [-0.05, 0) is 29.7 Å². The first-order valence-corrected chi connectivity index (χ1v) is 7.96. The Morgan fingerprint density at radius 3 is 2.48 bits per heavy atom. The minimum absolute atomic E-state index is 0.0572. The van der Waals surface area contributed by atoms with Crippen molar-refractivity contribution in [1.82, 2.24) is 0 Å². The van der Waals surface area contributed by atoms with Crippen LogP contribution in [-0.4, -0.2) is 12.2 Å². The Hall–Kier alpha value is -3.27. The lowest BCUT2D eigenvalue weighted by atomic mass is 10.0. The van der Waals surface area contributed by atoms with Crippen LogP contribution in [0.5, 0.6) is 11.5 Å². The molecule has 0 bridgehead atoms. The summed E-state index contributed by atoms with van der Waals surface area (Å²) >= 11 is 0. The first kappa shape index (κ1) is 15.3. The van der Waals surface area contributed by atoms with Crippen molar-refractivity contribution < 1.29 is 14.3 Å². The van der Waals surface area contributed by atoms with Crippen molar-refractivity contribution in [1.29, 1.82) is 0 Å². The van der Waals surface area contributed by atoms with Gasteiger partial charge in [-0.15, -0.1) is 0 Å². The van der Waals surface area contributed by atoms with Crippen molar-refractivity contribution >= 4 is 21.7 Å². The van der Waals surface area contributed by atoms with Gasteiger partial charge < -0.3 is 14.3 Å². The van der Waals surface area contributed by atoms with E-state index in [-0.39, 0.29) is 5.75 Å². The molecule has 0 amide bonds. The highest BCUT2D eigenvalue weighted by atomic mass is 16.5. The molecule has 4 heteroatoms. The summed E-state index contributed by atoms with van der Waals surface area (Å²) in [5.74, 6) is 0.286. The molecule has 25 heavy (non-hydrogen) atoms. The summed E-state index contributed by atoms with van der Waals surface area (Å²) in [4.78, 5) is 12.4. The number of hydrogen-bond acceptors (Lipinski definition) is 4. The van der Waals surface area contributed by atoms with E-state index < -0.39 is 5.63 Å². The fourth-order valence-electron chi connectivity index (χ4n) is 3.10. The zero-order valence-corrected chi connectivity index (χ0v) is 13.7. The highest BCUT2D eigenvalue weighted by molar-refractivity contribution is 6.05. The van der Waals surface area contributed by atoms with Crippen LogP contribution in [-0.2, 0) is 6.42 Å². The van der Waals surface area contributed by atoms with Crippen molar-refractivity contribution in [3.05, 3.63) is 82.2 Å². The Kier molecular flexibility index (Phi) is 3.65. The predicted octanol–water partition coefficient (Wildman–Crippen LogP) is 4.25. The minimum Gasteiger partial charge on any atom is -0.504 e.